The van der Waals surface area contributed by atoms with Gasteiger partial charge in [-0.2, -0.15) is 0 Å². The molecule has 140 valence electrons. The van der Waals surface area contributed by atoms with Crippen molar-refractivity contribution in [3.63, 3.8) is 0 Å². The monoisotopic (exact) mass is 395 g/mol. The smallest absolute Gasteiger partial charge is 0.256 e. The lowest BCUT2D eigenvalue weighted by Crippen LogP contribution is -2.21. The lowest BCUT2D eigenvalue weighted by molar-refractivity contribution is -0.117. The van der Waals surface area contributed by atoms with Gasteiger partial charge in [0.1, 0.15) is 0 Å². The van der Waals surface area contributed by atoms with E-state index in [1.165, 1.54) is 23.5 Å². The summed E-state index contributed by atoms with van der Waals surface area (Å²) in [7, 11) is -1.23. The highest BCUT2D eigenvalue weighted by atomic mass is 32.2. The first-order valence-corrected chi connectivity index (χ1v) is 11.0. The Hall–Kier alpha value is 0.0900. The Morgan fingerprint density at radius 2 is 1.62 bits per heavy atom. The molecule has 1 unspecified atom stereocenters. The van der Waals surface area contributed by atoms with Crippen molar-refractivity contribution in [1.82, 2.24) is 5.09 Å². The Labute approximate surface area is 156 Å². The zero-order valence-corrected chi connectivity index (χ0v) is 18.0. The van der Waals surface area contributed by atoms with Crippen molar-refractivity contribution in [2.45, 2.75) is 47.6 Å². The molecule has 0 amide bonds. The van der Waals surface area contributed by atoms with E-state index in [0.29, 0.717) is 30.3 Å². The minimum atomic E-state index is -1.23. The molecular formula is C16H30NO4PS2. The molecule has 24 heavy (non-hydrogen) atoms. The van der Waals surface area contributed by atoms with E-state index < -0.39 is 8.53 Å². The molecule has 0 aromatic rings. The fourth-order valence-corrected chi connectivity index (χ4v) is 3.96. The second-order valence-corrected chi connectivity index (χ2v) is 9.93. The number of carbonyl (C=O) groups is 2. The summed E-state index contributed by atoms with van der Waals surface area (Å²) in [5.41, 5.74) is 0.203. The topological polar surface area (TPSA) is 64.6 Å². The first-order chi connectivity index (χ1) is 11.0. The van der Waals surface area contributed by atoms with Crippen LogP contribution in [0.2, 0.25) is 0 Å². The zero-order chi connectivity index (χ0) is 18.8. The summed E-state index contributed by atoms with van der Waals surface area (Å²) in [6, 6.07) is 0.227. The molecule has 0 aliphatic heterocycles. The molecule has 1 N–H and O–H groups in total. The Kier molecular flexibility index (Phi) is 12.5. The molecule has 0 spiro atoms. The van der Waals surface area contributed by atoms with Gasteiger partial charge in [0.05, 0.1) is 13.2 Å². The summed E-state index contributed by atoms with van der Waals surface area (Å²) < 4.78 is 11.4. The molecule has 0 aromatic carbocycles. The predicted molar refractivity (Wildman–Crippen MR) is 106 cm³/mol. The van der Waals surface area contributed by atoms with E-state index >= 15 is 0 Å². The molecule has 0 bridgehead atoms. The van der Waals surface area contributed by atoms with Gasteiger partial charge in [0, 0.05) is 23.0 Å². The summed E-state index contributed by atoms with van der Waals surface area (Å²) in [5, 5.41) is 3.36. The van der Waals surface area contributed by atoms with Crippen LogP contribution in [0, 0.1) is 5.41 Å². The van der Waals surface area contributed by atoms with Crippen molar-refractivity contribution in [2.24, 2.45) is 5.41 Å². The van der Waals surface area contributed by atoms with Gasteiger partial charge in [-0.15, -0.1) is 0 Å². The minimum Gasteiger partial charge on any atom is -0.321 e. The van der Waals surface area contributed by atoms with Gasteiger partial charge >= 0.3 is 0 Å². The summed E-state index contributed by atoms with van der Waals surface area (Å²) in [6.45, 7) is 15.9. The van der Waals surface area contributed by atoms with Crippen LogP contribution in [0.5, 0.6) is 0 Å². The quantitative estimate of drug-likeness (QED) is 0.316. The third-order valence-corrected chi connectivity index (χ3v) is 6.16. The van der Waals surface area contributed by atoms with Crippen LogP contribution in [0.3, 0.4) is 0 Å². The van der Waals surface area contributed by atoms with Gasteiger partial charge in [-0.3, -0.25) is 9.59 Å². The molecule has 0 saturated carbocycles. The minimum absolute atomic E-state index is 0.0160. The van der Waals surface area contributed by atoms with Gasteiger partial charge in [-0.1, -0.05) is 50.9 Å². The maximum absolute atomic E-state index is 11.8. The van der Waals surface area contributed by atoms with Crippen LogP contribution in [0.4, 0.5) is 0 Å². The molecule has 0 heterocycles. The van der Waals surface area contributed by atoms with E-state index in [1.807, 2.05) is 34.6 Å². The number of thioether (sulfide) groups is 2. The van der Waals surface area contributed by atoms with Gasteiger partial charge < -0.3 is 9.05 Å². The SMILES string of the molecule is C=C(C)C(=O)SCCOP(NC(C)C)OCCSC(=O)C(C)(C)C. The standard InChI is InChI=1S/C16H30NO4PS2/c1-12(2)14(18)23-10-8-20-22(17-13(3)4)21-9-11-24-15(19)16(5,6)7/h13,17H,1,8-11H2,2-7H3. The zero-order valence-electron chi connectivity index (χ0n) is 15.5. The van der Waals surface area contributed by atoms with Crippen molar-refractivity contribution in [2.75, 3.05) is 24.7 Å². The third-order valence-electron chi connectivity index (χ3n) is 2.37. The first-order valence-electron chi connectivity index (χ1n) is 7.86. The molecule has 0 fully saturated rings. The predicted octanol–water partition coefficient (Wildman–Crippen LogP) is 4.39. The van der Waals surface area contributed by atoms with Crippen molar-refractivity contribution >= 4 is 42.3 Å². The molecular weight excluding hydrogens is 365 g/mol. The van der Waals surface area contributed by atoms with E-state index in [4.69, 9.17) is 9.05 Å². The molecule has 1 atom stereocenters. The van der Waals surface area contributed by atoms with E-state index in [2.05, 4.69) is 11.7 Å². The lowest BCUT2D eigenvalue weighted by atomic mass is 10.00. The van der Waals surface area contributed by atoms with Gasteiger partial charge in [0.25, 0.3) is 8.53 Å². The Morgan fingerprint density at radius 1 is 1.12 bits per heavy atom. The van der Waals surface area contributed by atoms with Gasteiger partial charge in [-0.25, -0.2) is 5.09 Å². The highest BCUT2D eigenvalue weighted by molar-refractivity contribution is 8.14. The van der Waals surface area contributed by atoms with Crippen molar-refractivity contribution in [3.05, 3.63) is 12.2 Å². The van der Waals surface area contributed by atoms with Crippen LogP contribution in [-0.2, 0) is 18.6 Å². The number of hydrogen-bond acceptors (Lipinski definition) is 7. The molecule has 8 heteroatoms. The number of hydrogen-bond donors (Lipinski definition) is 1. The molecule has 0 saturated heterocycles. The van der Waals surface area contributed by atoms with Crippen LogP contribution in [-0.4, -0.2) is 41.0 Å². The molecule has 5 nitrogen and oxygen atoms in total. The van der Waals surface area contributed by atoms with Crippen molar-refractivity contribution < 1.29 is 18.6 Å². The van der Waals surface area contributed by atoms with E-state index in [0.717, 1.165) is 0 Å². The largest absolute Gasteiger partial charge is 0.321 e. The molecule has 0 aliphatic rings. The summed E-state index contributed by atoms with van der Waals surface area (Å²) >= 11 is 2.48. The summed E-state index contributed by atoms with van der Waals surface area (Å²) in [5.74, 6) is 1.16. The second-order valence-electron chi connectivity index (χ2n) is 6.51. The van der Waals surface area contributed by atoms with Crippen molar-refractivity contribution in [1.29, 1.82) is 0 Å². The first kappa shape index (κ1) is 24.1. The van der Waals surface area contributed by atoms with Crippen LogP contribution in [0.15, 0.2) is 12.2 Å². The lowest BCUT2D eigenvalue weighted by Gasteiger charge is -2.20. The number of rotatable bonds is 11. The molecule has 0 rings (SSSR count). The average Bonchev–Trinajstić information content (AvgIpc) is 2.45. The van der Waals surface area contributed by atoms with E-state index in [9.17, 15) is 9.59 Å². The maximum Gasteiger partial charge on any atom is 0.256 e. The van der Waals surface area contributed by atoms with Crippen molar-refractivity contribution in [3.8, 4) is 0 Å². The Bertz CT molecular complexity index is 425. The van der Waals surface area contributed by atoms with Gasteiger partial charge in [-0.05, 0) is 26.3 Å². The summed E-state index contributed by atoms with van der Waals surface area (Å²) in [6.07, 6.45) is 0. The van der Waals surface area contributed by atoms with Crippen LogP contribution < -0.4 is 5.09 Å². The van der Waals surface area contributed by atoms with E-state index in [1.54, 1.807) is 6.92 Å². The second kappa shape index (κ2) is 12.4. The Balaban J connectivity index is 4.07. The Morgan fingerprint density at radius 3 is 2.04 bits per heavy atom. The highest BCUT2D eigenvalue weighted by Crippen LogP contribution is 2.35. The van der Waals surface area contributed by atoms with Crippen LogP contribution in [0.1, 0.15) is 41.5 Å². The molecule has 0 aliphatic carbocycles. The molecule has 0 radical (unpaired) electrons. The fraction of sp³-hybridized carbons (Fsp3) is 0.750. The fourth-order valence-electron chi connectivity index (χ4n) is 1.17. The molecule has 0 aromatic heterocycles. The number of carbonyl (C=O) groups excluding carboxylic acids is 2. The third kappa shape index (κ3) is 12.5. The van der Waals surface area contributed by atoms with Gasteiger partial charge in [0.15, 0.2) is 5.12 Å². The van der Waals surface area contributed by atoms with Crippen LogP contribution >= 0.6 is 32.0 Å². The van der Waals surface area contributed by atoms with Crippen LogP contribution in [0.25, 0.3) is 0 Å². The maximum atomic E-state index is 11.8. The highest BCUT2D eigenvalue weighted by Gasteiger charge is 2.21. The van der Waals surface area contributed by atoms with Gasteiger partial charge in [0.2, 0.25) is 5.12 Å². The average molecular weight is 396 g/mol. The van der Waals surface area contributed by atoms with E-state index in [-0.39, 0.29) is 21.7 Å². The number of nitrogens with one attached hydrogen (secondary N) is 1. The normalized spacial score (nSPS) is 13.1. The summed E-state index contributed by atoms with van der Waals surface area (Å²) in [4.78, 5) is 23.3.